The highest BCUT2D eigenvalue weighted by atomic mass is 35.7. The number of hydrogen-bond acceptors (Lipinski definition) is 1. The maximum Gasteiger partial charge on any atom is 0.0832 e. The molecule has 0 saturated carbocycles. The van der Waals surface area contributed by atoms with Gasteiger partial charge in [-0.1, -0.05) is 0 Å². The average molecular weight is 117 g/mol. The van der Waals surface area contributed by atoms with E-state index in [9.17, 15) is 0 Å². The van der Waals surface area contributed by atoms with Gasteiger partial charge in [0.2, 0.25) is 0 Å². The normalized spacial score (nSPS) is 7.50. The molecule has 0 bridgehead atoms. The Labute approximate surface area is 39.0 Å². The van der Waals surface area contributed by atoms with E-state index >= 15 is 0 Å². The van der Waals surface area contributed by atoms with Gasteiger partial charge in [0.1, 0.15) is 0 Å². The summed E-state index contributed by atoms with van der Waals surface area (Å²) in [5.41, 5.74) is 0. The van der Waals surface area contributed by atoms with Crippen molar-refractivity contribution in [3.8, 4) is 0 Å². The largest absolute Gasteiger partial charge is 0.114 e. The second-order valence-electron chi connectivity index (χ2n) is 0.218. The summed E-state index contributed by atoms with van der Waals surface area (Å²) < 4.78 is 0. The van der Waals surface area contributed by atoms with Crippen LogP contribution in [0.4, 0.5) is 0 Å². The zero-order valence-corrected chi connectivity index (χ0v) is 4.20. The first-order valence-corrected chi connectivity index (χ1v) is 3.06. The van der Waals surface area contributed by atoms with Gasteiger partial charge in [-0.15, -0.1) is 11.6 Å². The molecule has 26 valence electrons. The number of hydrogen-bond donors (Lipinski definition) is 0. The van der Waals surface area contributed by atoms with Crippen molar-refractivity contribution in [1.82, 2.24) is 0 Å². The summed E-state index contributed by atoms with van der Waals surface area (Å²) in [6.07, 6.45) is 0. The molecule has 0 aromatic heterocycles. The molecule has 0 aliphatic rings. The molecule has 0 atom stereocenters. The second-order valence-corrected chi connectivity index (χ2v) is 1.96. The summed E-state index contributed by atoms with van der Waals surface area (Å²) in [5, 5.41) is 0.474. The number of rotatable bonds is 1. The minimum Gasteiger partial charge on any atom is -0.114 e. The molecule has 3 heteroatoms. The van der Waals surface area contributed by atoms with E-state index < -0.39 is 0 Å². The first-order valence-electron chi connectivity index (χ1n) is 0.710. The fourth-order valence-corrected chi connectivity index (χ4v) is 0. The number of halogens is 2. The molecule has 0 amide bonds. The topological polar surface area (TPSA) is 0 Å². The van der Waals surface area contributed by atoms with Crippen LogP contribution in [0.1, 0.15) is 0 Å². The van der Waals surface area contributed by atoms with Gasteiger partial charge in [0.25, 0.3) is 0 Å². The van der Waals surface area contributed by atoms with Crippen molar-refractivity contribution < 1.29 is 0 Å². The Bertz CT molecular complexity index is 8.00. The maximum absolute atomic E-state index is 5.02. The quantitative estimate of drug-likeness (QED) is 0.473. The fourth-order valence-electron chi connectivity index (χ4n) is 0. The first-order chi connectivity index (χ1) is 1.91. The van der Waals surface area contributed by atoms with Crippen molar-refractivity contribution >= 4 is 33.3 Å². The summed E-state index contributed by atoms with van der Waals surface area (Å²) in [4.78, 5) is 0. The van der Waals surface area contributed by atoms with Gasteiger partial charge in [-0.3, -0.25) is 0 Å². The SMILES string of the molecule is ClCSCl. The van der Waals surface area contributed by atoms with Crippen LogP contribution in [0.2, 0.25) is 0 Å². The van der Waals surface area contributed by atoms with Gasteiger partial charge in [-0.2, -0.15) is 0 Å². The Balaban J connectivity index is 1.97. The molecule has 0 N–H and O–H groups in total. The van der Waals surface area contributed by atoms with Crippen LogP contribution in [0.3, 0.4) is 0 Å². The minimum atomic E-state index is 0.474. The fraction of sp³-hybridized carbons (Fsp3) is 1.00. The van der Waals surface area contributed by atoms with Crippen molar-refractivity contribution in [3.05, 3.63) is 0 Å². The van der Waals surface area contributed by atoms with E-state index in [1.807, 2.05) is 0 Å². The lowest BCUT2D eigenvalue weighted by molar-refractivity contribution is 2.28. The van der Waals surface area contributed by atoms with Gasteiger partial charge in [0.15, 0.2) is 0 Å². The van der Waals surface area contributed by atoms with E-state index in [-0.39, 0.29) is 0 Å². The molecule has 0 saturated heterocycles. The van der Waals surface area contributed by atoms with E-state index in [0.717, 1.165) is 11.0 Å². The van der Waals surface area contributed by atoms with Gasteiger partial charge < -0.3 is 0 Å². The average Bonchev–Trinajstić information content (AvgIpc) is 1.37. The molecule has 0 rings (SSSR count). The smallest absolute Gasteiger partial charge is 0.0832 e. The summed E-state index contributed by atoms with van der Waals surface area (Å²) in [7, 11) is 6.06. The Morgan fingerprint density at radius 2 is 2.00 bits per heavy atom. The monoisotopic (exact) mass is 116 g/mol. The van der Waals surface area contributed by atoms with Crippen LogP contribution >= 0.6 is 33.3 Å². The second kappa shape index (κ2) is 3.93. The van der Waals surface area contributed by atoms with Crippen LogP contribution in [0, 0.1) is 0 Å². The lowest BCUT2D eigenvalue weighted by atomic mass is 11.9. The molecular weight excluding hydrogens is 115 g/mol. The third kappa shape index (κ3) is 2.93. The highest BCUT2D eigenvalue weighted by molar-refractivity contribution is 8.21. The van der Waals surface area contributed by atoms with Gasteiger partial charge in [-0.25, -0.2) is 0 Å². The van der Waals surface area contributed by atoms with Crippen LogP contribution in [0.15, 0.2) is 0 Å². The Morgan fingerprint density at radius 1 is 1.75 bits per heavy atom. The zero-order valence-electron chi connectivity index (χ0n) is 1.87. The van der Waals surface area contributed by atoms with Crippen LogP contribution in [-0.4, -0.2) is 5.21 Å². The van der Waals surface area contributed by atoms with Gasteiger partial charge >= 0.3 is 0 Å². The van der Waals surface area contributed by atoms with Gasteiger partial charge in [-0.05, 0) is 21.7 Å². The third-order valence-electron chi connectivity index (χ3n) is 0.0412. The molecule has 0 unspecified atom stereocenters. The predicted octanol–water partition coefficient (Wildman–Crippen LogP) is 2.07. The molecule has 0 radical (unpaired) electrons. The van der Waals surface area contributed by atoms with Crippen molar-refractivity contribution in [2.45, 2.75) is 0 Å². The van der Waals surface area contributed by atoms with E-state index in [0.29, 0.717) is 5.21 Å². The third-order valence-corrected chi connectivity index (χ3v) is 1.11. The van der Waals surface area contributed by atoms with Crippen molar-refractivity contribution in [1.29, 1.82) is 0 Å². The molecular formula is CH2Cl2S. The first kappa shape index (κ1) is 4.93. The Morgan fingerprint density at radius 3 is 2.00 bits per heavy atom. The standard InChI is InChI=1S/CH2Cl2S/c2-1-4-3/h1H2. The van der Waals surface area contributed by atoms with E-state index in [1.165, 1.54) is 0 Å². The Hall–Kier alpha value is 0.930. The molecule has 0 aromatic carbocycles. The Kier molecular flexibility index (Phi) is 4.84. The van der Waals surface area contributed by atoms with Crippen LogP contribution in [-0.2, 0) is 0 Å². The molecule has 0 spiro atoms. The van der Waals surface area contributed by atoms with Crippen molar-refractivity contribution in [2.75, 3.05) is 5.21 Å². The summed E-state index contributed by atoms with van der Waals surface area (Å²) in [6.45, 7) is 0. The number of alkyl halides is 1. The molecule has 0 heterocycles. The summed E-state index contributed by atoms with van der Waals surface area (Å²) >= 11 is 5.02. The molecule has 0 nitrogen and oxygen atoms in total. The molecule has 0 aliphatic heterocycles. The van der Waals surface area contributed by atoms with Crippen LogP contribution < -0.4 is 0 Å². The lowest BCUT2D eigenvalue weighted by Crippen LogP contribution is -1.35. The van der Waals surface area contributed by atoms with E-state index in [1.54, 1.807) is 0 Å². The highest BCUT2D eigenvalue weighted by Crippen LogP contribution is 2.05. The highest BCUT2D eigenvalue weighted by Gasteiger charge is 1.62. The predicted molar refractivity (Wildman–Crippen MR) is 24.2 cm³/mol. The molecule has 4 heavy (non-hydrogen) atoms. The lowest BCUT2D eigenvalue weighted by Gasteiger charge is -1.63. The molecule has 0 aromatic rings. The minimum absolute atomic E-state index is 0.474. The van der Waals surface area contributed by atoms with Gasteiger partial charge in [0, 0.05) is 0 Å². The maximum atomic E-state index is 5.02. The van der Waals surface area contributed by atoms with Crippen molar-refractivity contribution in [3.63, 3.8) is 0 Å². The van der Waals surface area contributed by atoms with Crippen molar-refractivity contribution in [2.24, 2.45) is 0 Å². The van der Waals surface area contributed by atoms with E-state index in [4.69, 9.17) is 22.3 Å². The van der Waals surface area contributed by atoms with E-state index in [2.05, 4.69) is 0 Å². The molecule has 0 fully saturated rings. The zero-order chi connectivity index (χ0) is 3.41. The summed E-state index contributed by atoms with van der Waals surface area (Å²) in [5.74, 6) is 0. The summed E-state index contributed by atoms with van der Waals surface area (Å²) in [6, 6.07) is 0. The van der Waals surface area contributed by atoms with Crippen LogP contribution in [0.25, 0.3) is 0 Å². The molecule has 0 aliphatic carbocycles. The van der Waals surface area contributed by atoms with Crippen LogP contribution in [0.5, 0.6) is 0 Å². The van der Waals surface area contributed by atoms with Gasteiger partial charge in [0.05, 0.1) is 5.21 Å².